The Kier molecular flexibility index (Phi) is 3.92. The molecule has 0 atom stereocenters. The molecule has 0 saturated carbocycles. The predicted octanol–water partition coefficient (Wildman–Crippen LogP) is 3.27. The van der Waals surface area contributed by atoms with Crippen LogP contribution in [0.5, 0.6) is 0 Å². The molecule has 1 aliphatic rings. The van der Waals surface area contributed by atoms with Gasteiger partial charge >= 0.3 is 6.03 Å². The minimum absolute atomic E-state index is 0.117. The number of hydrogen-bond acceptors (Lipinski definition) is 2. The minimum atomic E-state index is -0.117. The van der Waals surface area contributed by atoms with Crippen LogP contribution < -0.4 is 4.80 Å². The molecule has 1 saturated heterocycles. The molecule has 1 aromatic heterocycles. The number of likely N-dealkylation sites (tertiary alicyclic amines) is 1. The smallest absolute Gasteiger partial charge is 0.323 e. The molecule has 0 N–H and O–H groups in total. The first-order valence-corrected chi connectivity index (χ1v) is 8.10. The van der Waals surface area contributed by atoms with Crippen molar-refractivity contribution in [3.05, 3.63) is 45.7 Å². The zero-order chi connectivity index (χ0) is 14.8. The van der Waals surface area contributed by atoms with Crippen molar-refractivity contribution in [3.8, 4) is 5.69 Å². The van der Waals surface area contributed by atoms with Gasteiger partial charge in [-0.25, -0.2) is 4.79 Å². The molecule has 3 rings (SSSR count). The maximum atomic E-state index is 12.2. The van der Waals surface area contributed by atoms with E-state index in [1.807, 2.05) is 21.0 Å². The number of hydrogen-bond donors (Lipinski definition) is 0. The Bertz CT molecular complexity index is 723. The Morgan fingerprint density at radius 1 is 1.24 bits per heavy atom. The van der Waals surface area contributed by atoms with Crippen LogP contribution in [0.25, 0.3) is 5.69 Å². The molecule has 0 aliphatic carbocycles. The molecular weight excluding hydrogens is 282 g/mol. The average Bonchev–Trinajstić information content (AvgIpc) is 3.10. The van der Waals surface area contributed by atoms with Crippen LogP contribution in [0.4, 0.5) is 4.79 Å². The van der Waals surface area contributed by atoms with E-state index in [4.69, 9.17) is 0 Å². The quantitative estimate of drug-likeness (QED) is 0.796. The fourth-order valence-corrected chi connectivity index (χ4v) is 3.38. The Labute approximate surface area is 128 Å². The van der Waals surface area contributed by atoms with Gasteiger partial charge in [0.25, 0.3) is 0 Å². The molecule has 4 nitrogen and oxygen atoms in total. The highest BCUT2D eigenvalue weighted by molar-refractivity contribution is 7.07. The average molecular weight is 301 g/mol. The molecule has 2 amide bonds. The molecule has 21 heavy (non-hydrogen) atoms. The van der Waals surface area contributed by atoms with E-state index in [-0.39, 0.29) is 6.03 Å². The molecule has 0 radical (unpaired) electrons. The number of aryl methyl sites for hydroxylation is 2. The summed E-state index contributed by atoms with van der Waals surface area (Å²) in [5.41, 5.74) is 3.50. The summed E-state index contributed by atoms with van der Waals surface area (Å²) < 4.78 is 1.99. The van der Waals surface area contributed by atoms with E-state index in [1.54, 1.807) is 0 Å². The van der Waals surface area contributed by atoms with Crippen LogP contribution in [0.2, 0.25) is 0 Å². The molecule has 1 aromatic carbocycles. The van der Waals surface area contributed by atoms with Gasteiger partial charge in [0.1, 0.15) is 0 Å². The molecule has 0 bridgehead atoms. The van der Waals surface area contributed by atoms with E-state index >= 15 is 0 Å². The van der Waals surface area contributed by atoms with Crippen LogP contribution in [0.3, 0.4) is 0 Å². The van der Waals surface area contributed by atoms with Gasteiger partial charge in [0.05, 0.1) is 5.69 Å². The number of urea groups is 1. The molecule has 2 heterocycles. The summed E-state index contributed by atoms with van der Waals surface area (Å²) in [6.45, 7) is 5.82. The number of rotatable bonds is 1. The number of benzene rings is 1. The number of amides is 2. The van der Waals surface area contributed by atoms with Crippen molar-refractivity contribution < 1.29 is 4.79 Å². The first-order chi connectivity index (χ1) is 10.1. The lowest BCUT2D eigenvalue weighted by molar-refractivity contribution is 0.218. The van der Waals surface area contributed by atoms with E-state index < -0.39 is 0 Å². The summed E-state index contributed by atoms with van der Waals surface area (Å²) in [6, 6.07) is 6.19. The molecule has 2 aromatic rings. The zero-order valence-corrected chi connectivity index (χ0v) is 13.2. The van der Waals surface area contributed by atoms with Gasteiger partial charge < -0.3 is 4.90 Å². The number of nitrogens with zero attached hydrogens (tertiary/aromatic N) is 3. The molecular formula is C16H19N3OS. The number of carbonyl (C=O) groups is 1. The fourth-order valence-electron chi connectivity index (χ4n) is 2.67. The van der Waals surface area contributed by atoms with Crippen LogP contribution in [-0.4, -0.2) is 28.6 Å². The van der Waals surface area contributed by atoms with Gasteiger partial charge in [0, 0.05) is 24.7 Å². The highest BCUT2D eigenvalue weighted by atomic mass is 32.1. The third-order valence-corrected chi connectivity index (χ3v) is 4.53. The van der Waals surface area contributed by atoms with E-state index in [0.29, 0.717) is 0 Å². The van der Waals surface area contributed by atoms with Crippen LogP contribution in [-0.2, 0) is 0 Å². The van der Waals surface area contributed by atoms with Gasteiger partial charge in [-0.15, -0.1) is 11.3 Å². The number of thiazole rings is 1. The van der Waals surface area contributed by atoms with Gasteiger partial charge in [0.15, 0.2) is 4.80 Å². The summed E-state index contributed by atoms with van der Waals surface area (Å²) in [4.78, 5) is 19.1. The van der Waals surface area contributed by atoms with Gasteiger partial charge in [-0.3, -0.25) is 4.57 Å². The van der Waals surface area contributed by atoms with Crippen molar-refractivity contribution in [2.45, 2.75) is 26.7 Å². The van der Waals surface area contributed by atoms with Crippen molar-refractivity contribution in [1.29, 1.82) is 0 Å². The minimum Gasteiger partial charge on any atom is -0.323 e. The van der Waals surface area contributed by atoms with Gasteiger partial charge in [-0.2, -0.15) is 4.99 Å². The normalized spacial score (nSPS) is 15.7. The standard InChI is InChI=1S/C16H19N3OS/c1-12-5-6-14(13(2)11-12)19-9-10-21-16(19)17-15(20)18-7-3-4-8-18/h5-6,9-11H,3-4,7-8H2,1-2H3. The molecule has 0 spiro atoms. The Morgan fingerprint density at radius 2 is 2.00 bits per heavy atom. The Morgan fingerprint density at radius 3 is 2.71 bits per heavy atom. The second-order valence-corrected chi connectivity index (χ2v) is 6.31. The van der Waals surface area contributed by atoms with E-state index in [9.17, 15) is 4.79 Å². The summed E-state index contributed by atoms with van der Waals surface area (Å²) in [6.07, 6.45) is 4.14. The summed E-state index contributed by atoms with van der Waals surface area (Å²) >= 11 is 1.49. The largest absolute Gasteiger partial charge is 0.346 e. The van der Waals surface area contributed by atoms with E-state index in [1.165, 1.54) is 22.5 Å². The second kappa shape index (κ2) is 5.85. The van der Waals surface area contributed by atoms with Crippen LogP contribution in [0.15, 0.2) is 34.8 Å². The maximum absolute atomic E-state index is 12.2. The molecule has 5 heteroatoms. The van der Waals surface area contributed by atoms with Crippen molar-refractivity contribution in [2.24, 2.45) is 4.99 Å². The van der Waals surface area contributed by atoms with Crippen LogP contribution in [0, 0.1) is 13.8 Å². The first-order valence-electron chi connectivity index (χ1n) is 7.22. The lowest BCUT2D eigenvalue weighted by Gasteiger charge is -2.11. The summed E-state index contributed by atoms with van der Waals surface area (Å²) in [5, 5.41) is 1.97. The van der Waals surface area contributed by atoms with E-state index in [2.05, 4.69) is 37.0 Å². The van der Waals surface area contributed by atoms with Crippen molar-refractivity contribution in [2.75, 3.05) is 13.1 Å². The monoisotopic (exact) mass is 301 g/mol. The SMILES string of the molecule is Cc1ccc(-n2ccsc2=NC(=O)N2CCCC2)c(C)c1. The summed E-state index contributed by atoms with van der Waals surface area (Å²) in [7, 11) is 0. The fraction of sp³-hybridized carbons (Fsp3) is 0.375. The zero-order valence-electron chi connectivity index (χ0n) is 12.4. The van der Waals surface area contributed by atoms with Crippen molar-refractivity contribution in [1.82, 2.24) is 9.47 Å². The summed E-state index contributed by atoms with van der Waals surface area (Å²) in [5.74, 6) is 0. The number of carbonyl (C=O) groups excluding carboxylic acids is 1. The number of aromatic nitrogens is 1. The molecule has 0 unspecified atom stereocenters. The lowest BCUT2D eigenvalue weighted by atomic mass is 10.1. The predicted molar refractivity (Wildman–Crippen MR) is 84.9 cm³/mol. The topological polar surface area (TPSA) is 37.6 Å². The Balaban J connectivity index is 1.98. The van der Waals surface area contributed by atoms with Crippen LogP contribution in [0.1, 0.15) is 24.0 Å². The first kappa shape index (κ1) is 14.1. The highest BCUT2D eigenvalue weighted by Gasteiger charge is 2.17. The van der Waals surface area contributed by atoms with Gasteiger partial charge in [-0.1, -0.05) is 17.7 Å². The lowest BCUT2D eigenvalue weighted by Crippen LogP contribution is -2.27. The third-order valence-electron chi connectivity index (χ3n) is 3.77. The van der Waals surface area contributed by atoms with Gasteiger partial charge in [0.2, 0.25) is 0 Å². The van der Waals surface area contributed by atoms with Crippen molar-refractivity contribution in [3.63, 3.8) is 0 Å². The second-order valence-electron chi connectivity index (χ2n) is 5.43. The third kappa shape index (κ3) is 2.93. The van der Waals surface area contributed by atoms with E-state index in [0.717, 1.165) is 36.4 Å². The molecule has 1 fully saturated rings. The highest BCUT2D eigenvalue weighted by Crippen LogP contribution is 2.15. The molecule has 110 valence electrons. The molecule has 1 aliphatic heterocycles. The van der Waals surface area contributed by atoms with Gasteiger partial charge in [-0.05, 0) is 38.3 Å². The van der Waals surface area contributed by atoms with Crippen LogP contribution >= 0.6 is 11.3 Å². The Hall–Kier alpha value is -1.88. The van der Waals surface area contributed by atoms with Crippen molar-refractivity contribution >= 4 is 17.4 Å². The maximum Gasteiger partial charge on any atom is 0.346 e.